The molecule has 1 aromatic carbocycles. The summed E-state index contributed by atoms with van der Waals surface area (Å²) < 4.78 is 0. The van der Waals surface area contributed by atoms with Crippen molar-refractivity contribution < 1.29 is 9.59 Å². The first-order valence-electron chi connectivity index (χ1n) is 7.10. The monoisotopic (exact) mass is 296 g/mol. The molecule has 3 rings (SSSR count). The smallest absolute Gasteiger partial charge is 0.271 e. The van der Waals surface area contributed by atoms with Crippen molar-refractivity contribution in [2.75, 3.05) is 5.32 Å². The minimum absolute atomic E-state index is 0.0488. The molecule has 0 bridgehead atoms. The van der Waals surface area contributed by atoms with Gasteiger partial charge in [-0.3, -0.25) is 9.59 Å². The van der Waals surface area contributed by atoms with Crippen molar-refractivity contribution in [3.05, 3.63) is 53.9 Å². The lowest BCUT2D eigenvalue weighted by Gasteiger charge is -2.05. The molecule has 0 saturated heterocycles. The molecule has 6 heteroatoms. The van der Waals surface area contributed by atoms with E-state index < -0.39 is 0 Å². The maximum atomic E-state index is 11.9. The Hall–Kier alpha value is -2.89. The van der Waals surface area contributed by atoms with Gasteiger partial charge >= 0.3 is 0 Å². The van der Waals surface area contributed by atoms with Gasteiger partial charge in [0, 0.05) is 23.4 Å². The number of rotatable bonds is 5. The molecule has 0 unspecified atom stereocenters. The average Bonchev–Trinajstić information content (AvgIpc) is 3.26. The number of aromatic amines is 1. The SMILES string of the molecule is O=C(N/N=C\c1ccc[nH]1)c1ccc(NC(=O)C2CC2)cc1. The molecule has 1 saturated carbocycles. The lowest BCUT2D eigenvalue weighted by atomic mass is 10.2. The van der Waals surface area contributed by atoms with Crippen molar-refractivity contribution in [2.24, 2.45) is 11.0 Å². The lowest BCUT2D eigenvalue weighted by molar-refractivity contribution is -0.117. The number of aromatic nitrogens is 1. The van der Waals surface area contributed by atoms with E-state index in [4.69, 9.17) is 0 Å². The molecule has 22 heavy (non-hydrogen) atoms. The summed E-state index contributed by atoms with van der Waals surface area (Å²) in [6.45, 7) is 0. The average molecular weight is 296 g/mol. The van der Waals surface area contributed by atoms with Crippen molar-refractivity contribution in [3.63, 3.8) is 0 Å². The van der Waals surface area contributed by atoms with Gasteiger partial charge < -0.3 is 10.3 Å². The number of anilines is 1. The molecular weight excluding hydrogens is 280 g/mol. The predicted octanol–water partition coefficient (Wildman–Crippen LogP) is 2.13. The zero-order valence-electron chi connectivity index (χ0n) is 11.9. The minimum atomic E-state index is -0.303. The van der Waals surface area contributed by atoms with Gasteiger partial charge in [-0.15, -0.1) is 0 Å². The normalized spacial score (nSPS) is 14.0. The second-order valence-corrected chi connectivity index (χ2v) is 5.17. The first kappa shape index (κ1) is 14.1. The Morgan fingerprint density at radius 2 is 1.95 bits per heavy atom. The zero-order valence-corrected chi connectivity index (χ0v) is 11.9. The quantitative estimate of drug-likeness (QED) is 0.583. The van der Waals surface area contributed by atoms with E-state index in [1.807, 2.05) is 12.1 Å². The van der Waals surface area contributed by atoms with Crippen LogP contribution in [0, 0.1) is 5.92 Å². The van der Waals surface area contributed by atoms with Gasteiger partial charge in [0.25, 0.3) is 5.91 Å². The van der Waals surface area contributed by atoms with E-state index in [0.717, 1.165) is 18.5 Å². The zero-order chi connectivity index (χ0) is 15.4. The molecule has 6 nitrogen and oxygen atoms in total. The molecular formula is C16H16N4O2. The van der Waals surface area contributed by atoms with Gasteiger partial charge in [0.2, 0.25) is 5.91 Å². The van der Waals surface area contributed by atoms with Crippen molar-refractivity contribution >= 4 is 23.7 Å². The Morgan fingerprint density at radius 1 is 1.18 bits per heavy atom. The molecule has 0 atom stereocenters. The topological polar surface area (TPSA) is 86.3 Å². The predicted molar refractivity (Wildman–Crippen MR) is 83.6 cm³/mol. The molecule has 112 valence electrons. The molecule has 1 aliphatic carbocycles. The summed E-state index contributed by atoms with van der Waals surface area (Å²) in [6, 6.07) is 10.4. The number of hydrogen-bond acceptors (Lipinski definition) is 3. The highest BCUT2D eigenvalue weighted by atomic mass is 16.2. The van der Waals surface area contributed by atoms with Crippen molar-refractivity contribution in [2.45, 2.75) is 12.8 Å². The third-order valence-electron chi connectivity index (χ3n) is 3.35. The number of H-pyrrole nitrogens is 1. The summed E-state index contributed by atoms with van der Waals surface area (Å²) in [7, 11) is 0. The molecule has 1 aliphatic rings. The van der Waals surface area contributed by atoms with Gasteiger partial charge in [0.05, 0.1) is 11.9 Å². The molecule has 0 radical (unpaired) electrons. The lowest BCUT2D eigenvalue weighted by Crippen LogP contribution is -2.18. The Morgan fingerprint density at radius 3 is 2.59 bits per heavy atom. The van der Waals surface area contributed by atoms with E-state index >= 15 is 0 Å². The van der Waals surface area contributed by atoms with Crippen LogP contribution in [0.3, 0.4) is 0 Å². The van der Waals surface area contributed by atoms with Crippen molar-refractivity contribution in [1.29, 1.82) is 0 Å². The Labute approximate surface area is 127 Å². The summed E-state index contributed by atoms with van der Waals surface area (Å²) in [5, 5.41) is 6.69. The second-order valence-electron chi connectivity index (χ2n) is 5.17. The first-order valence-corrected chi connectivity index (χ1v) is 7.10. The van der Waals surface area contributed by atoms with Gasteiger partial charge in [-0.05, 0) is 49.2 Å². The molecule has 1 aromatic heterocycles. The molecule has 1 fully saturated rings. The van der Waals surface area contributed by atoms with Crippen LogP contribution in [0.2, 0.25) is 0 Å². The van der Waals surface area contributed by atoms with Gasteiger partial charge in [0.1, 0.15) is 0 Å². The van der Waals surface area contributed by atoms with Crippen LogP contribution in [0.15, 0.2) is 47.7 Å². The van der Waals surface area contributed by atoms with Gasteiger partial charge in [-0.1, -0.05) is 0 Å². The van der Waals surface area contributed by atoms with Crippen LogP contribution in [0.1, 0.15) is 28.9 Å². The summed E-state index contributed by atoms with van der Waals surface area (Å²) in [5.41, 5.74) is 4.43. The fraction of sp³-hybridized carbons (Fsp3) is 0.188. The number of hydrogen-bond donors (Lipinski definition) is 3. The minimum Gasteiger partial charge on any atom is -0.360 e. The van der Waals surface area contributed by atoms with Gasteiger partial charge in [-0.25, -0.2) is 5.43 Å². The van der Waals surface area contributed by atoms with E-state index in [1.54, 1.807) is 30.5 Å². The van der Waals surface area contributed by atoms with E-state index in [9.17, 15) is 9.59 Å². The number of hydrazone groups is 1. The van der Waals surface area contributed by atoms with Crippen LogP contribution in [0.4, 0.5) is 5.69 Å². The maximum Gasteiger partial charge on any atom is 0.271 e. The van der Waals surface area contributed by atoms with Gasteiger partial charge in [0.15, 0.2) is 0 Å². The van der Waals surface area contributed by atoms with E-state index in [1.165, 1.54) is 6.21 Å². The Balaban J connectivity index is 1.55. The number of nitrogens with one attached hydrogen (secondary N) is 3. The van der Waals surface area contributed by atoms with E-state index in [2.05, 4.69) is 20.8 Å². The molecule has 0 spiro atoms. The molecule has 2 amide bonds. The highest BCUT2D eigenvalue weighted by molar-refractivity contribution is 5.97. The van der Waals surface area contributed by atoms with Crippen LogP contribution in [-0.4, -0.2) is 23.0 Å². The summed E-state index contributed by atoms with van der Waals surface area (Å²) in [4.78, 5) is 26.5. The van der Waals surface area contributed by atoms with Gasteiger partial charge in [-0.2, -0.15) is 5.10 Å². The third-order valence-corrected chi connectivity index (χ3v) is 3.35. The second kappa shape index (κ2) is 6.26. The number of carbonyl (C=O) groups excluding carboxylic acids is 2. The van der Waals surface area contributed by atoms with E-state index in [0.29, 0.717) is 11.3 Å². The van der Waals surface area contributed by atoms with Crippen LogP contribution < -0.4 is 10.7 Å². The molecule has 2 aromatic rings. The molecule has 0 aliphatic heterocycles. The molecule has 3 N–H and O–H groups in total. The van der Waals surface area contributed by atoms with Crippen LogP contribution in [-0.2, 0) is 4.79 Å². The number of amides is 2. The largest absolute Gasteiger partial charge is 0.360 e. The highest BCUT2D eigenvalue weighted by Gasteiger charge is 2.29. The molecule has 1 heterocycles. The van der Waals surface area contributed by atoms with Crippen LogP contribution in [0.5, 0.6) is 0 Å². The number of nitrogens with zero attached hydrogens (tertiary/aromatic N) is 1. The Kier molecular flexibility index (Phi) is 4.00. The fourth-order valence-electron chi connectivity index (χ4n) is 1.94. The van der Waals surface area contributed by atoms with Crippen LogP contribution in [0.25, 0.3) is 0 Å². The number of carbonyl (C=O) groups is 2. The number of benzene rings is 1. The Bertz CT molecular complexity index is 685. The first-order chi connectivity index (χ1) is 10.7. The summed E-state index contributed by atoms with van der Waals surface area (Å²) in [5.74, 6) is -0.0964. The third kappa shape index (κ3) is 3.60. The highest BCUT2D eigenvalue weighted by Crippen LogP contribution is 2.30. The standard InChI is InChI=1S/C16H16N4O2/c21-15(11-3-4-11)19-13-7-5-12(6-8-13)16(22)20-18-10-14-2-1-9-17-14/h1-2,5-11,17H,3-4H2,(H,19,21)(H,20,22)/b18-10-. The summed E-state index contributed by atoms with van der Waals surface area (Å²) in [6.07, 6.45) is 5.23. The van der Waals surface area contributed by atoms with Crippen molar-refractivity contribution in [3.8, 4) is 0 Å². The van der Waals surface area contributed by atoms with Crippen molar-refractivity contribution in [1.82, 2.24) is 10.4 Å². The van der Waals surface area contributed by atoms with E-state index in [-0.39, 0.29) is 17.7 Å². The fourth-order valence-corrected chi connectivity index (χ4v) is 1.94. The van der Waals surface area contributed by atoms with Crippen LogP contribution >= 0.6 is 0 Å². The summed E-state index contributed by atoms with van der Waals surface area (Å²) >= 11 is 0. The maximum absolute atomic E-state index is 11.9.